The van der Waals surface area contributed by atoms with Crippen LogP contribution in [0, 0.1) is 0 Å². The molecule has 0 aromatic heterocycles. The molecule has 10 heavy (non-hydrogen) atoms. The maximum absolute atomic E-state index is 8.56. The zero-order valence-electron chi connectivity index (χ0n) is 6.76. The molecule has 0 N–H and O–H groups in total. The van der Waals surface area contributed by atoms with Crippen molar-refractivity contribution in [1.29, 1.82) is 0 Å². The summed E-state index contributed by atoms with van der Waals surface area (Å²) in [5, 5.41) is 0. The zero-order chi connectivity index (χ0) is 7.15. The van der Waals surface area contributed by atoms with Crippen molar-refractivity contribution in [3.63, 3.8) is 0 Å². The van der Waals surface area contributed by atoms with Crippen molar-refractivity contribution >= 4 is 60.8 Å². The third-order valence-corrected chi connectivity index (χ3v) is 0. The van der Waals surface area contributed by atoms with Crippen LogP contribution in [0.25, 0.3) is 0 Å². The summed E-state index contributed by atoms with van der Waals surface area (Å²) >= 11 is -7.88. The fraction of sp³-hybridized carbons (Fsp3) is 0. The number of hydrogen-bond acceptors (Lipinski definition) is 6. The Bertz CT molecular complexity index is 140. The molecule has 0 aromatic carbocycles. The Labute approximate surface area is 115 Å². The van der Waals surface area contributed by atoms with E-state index in [1.54, 1.807) is 0 Å². The second kappa shape index (κ2) is 17.4. The van der Waals surface area contributed by atoms with E-state index in [4.69, 9.17) is 22.8 Å². The van der Waals surface area contributed by atoms with Crippen LogP contribution in [0.2, 0.25) is 0 Å². The average molecular weight is 264 g/mol. The fourth-order valence-electron chi connectivity index (χ4n) is 0. The van der Waals surface area contributed by atoms with E-state index in [2.05, 4.69) is 0 Å². The van der Waals surface area contributed by atoms with Gasteiger partial charge in [-0.1, -0.05) is 0 Å². The van der Waals surface area contributed by atoms with Crippen molar-refractivity contribution in [1.82, 2.24) is 0 Å². The van der Waals surface area contributed by atoms with Crippen molar-refractivity contribution in [3.05, 3.63) is 0 Å². The van der Waals surface area contributed by atoms with Crippen LogP contribution in [0.4, 0.5) is 0 Å². The van der Waals surface area contributed by atoms with Gasteiger partial charge in [0.25, 0.3) is 0 Å². The van der Waals surface area contributed by atoms with Crippen molar-refractivity contribution in [2.75, 3.05) is 0 Å². The molecule has 0 bridgehead atoms. The molecule has 0 saturated heterocycles. The molecular formula is H2CaMgO6V2. The summed E-state index contributed by atoms with van der Waals surface area (Å²) in [6, 6.07) is 0. The predicted octanol–water partition coefficient (Wildman–Crippen LogP) is -3.39. The van der Waals surface area contributed by atoms with Crippen molar-refractivity contribution in [3.8, 4) is 0 Å². The Morgan fingerprint density at radius 2 is 0.900 bits per heavy atom. The minimum atomic E-state index is -3.94. The molecule has 0 radical (unpaired) electrons. The van der Waals surface area contributed by atoms with Gasteiger partial charge >= 0.3 is 114 Å². The van der Waals surface area contributed by atoms with Gasteiger partial charge in [0.1, 0.15) is 0 Å². The van der Waals surface area contributed by atoms with Gasteiger partial charge in [0.05, 0.1) is 0 Å². The molecule has 52 valence electrons. The summed E-state index contributed by atoms with van der Waals surface area (Å²) < 4.78 is 51.4. The molecular weight excluding hydrogens is 262 g/mol. The van der Waals surface area contributed by atoms with Crippen LogP contribution in [-0.2, 0) is 45.5 Å². The molecule has 0 aromatic rings. The van der Waals surface area contributed by atoms with E-state index in [0.717, 1.165) is 0 Å². The number of hydrogen-bond donors (Lipinski definition) is 0. The number of rotatable bonds is 0. The molecule has 0 fully saturated rings. The summed E-state index contributed by atoms with van der Waals surface area (Å²) in [5.74, 6) is 0. The van der Waals surface area contributed by atoms with Crippen LogP contribution in [0.15, 0.2) is 0 Å². The molecule has 0 saturated carbocycles. The summed E-state index contributed by atoms with van der Waals surface area (Å²) in [5.41, 5.74) is 0. The normalized spacial score (nSPS) is 5.00. The fourth-order valence-corrected chi connectivity index (χ4v) is 0. The van der Waals surface area contributed by atoms with Crippen LogP contribution in [0.5, 0.6) is 0 Å². The first-order valence-electron chi connectivity index (χ1n) is 1.10. The van der Waals surface area contributed by atoms with Gasteiger partial charge in [-0.15, -0.1) is 0 Å². The van der Waals surface area contributed by atoms with E-state index in [0.29, 0.717) is 0 Å². The Morgan fingerprint density at radius 3 is 0.900 bits per heavy atom. The second-order valence-corrected chi connectivity index (χ2v) is 1.84. The molecule has 0 aliphatic carbocycles. The molecule has 0 unspecified atom stereocenters. The van der Waals surface area contributed by atoms with Crippen molar-refractivity contribution < 1.29 is 56.4 Å². The Balaban J connectivity index is -0.0000000112. The molecule has 0 aliphatic rings. The van der Waals surface area contributed by atoms with Gasteiger partial charge in [0, 0.05) is 0 Å². The molecule has 6 nitrogen and oxygen atoms in total. The van der Waals surface area contributed by atoms with Crippen molar-refractivity contribution in [2.45, 2.75) is 0 Å². The standard InChI is InChI=1S/Ca.Mg.6O.2V.2H/q2*+2;;;;;2*-1;;;2*-1. The van der Waals surface area contributed by atoms with Gasteiger partial charge in [0.15, 0.2) is 0 Å². The van der Waals surface area contributed by atoms with Crippen LogP contribution in [0.3, 0.4) is 0 Å². The van der Waals surface area contributed by atoms with Gasteiger partial charge in [-0.3, -0.25) is 0 Å². The molecule has 0 heterocycles. The SMILES string of the molecule is [Ca+2].[H-].[H-].[Mg+2].[O]=[V](=[O])[O-].[O]=[V](=[O])[O-]. The summed E-state index contributed by atoms with van der Waals surface area (Å²) in [6.45, 7) is 0. The third-order valence-electron chi connectivity index (χ3n) is 0. The second-order valence-electron chi connectivity index (χ2n) is 0.447. The monoisotopic (exact) mass is 264 g/mol. The molecule has 0 spiro atoms. The maximum atomic E-state index is 8.56. The molecule has 10 heteroatoms. The van der Waals surface area contributed by atoms with Gasteiger partial charge in [0.2, 0.25) is 0 Å². The molecule has 0 rings (SSSR count). The van der Waals surface area contributed by atoms with E-state index >= 15 is 0 Å². The van der Waals surface area contributed by atoms with Gasteiger partial charge in [-0.2, -0.15) is 0 Å². The molecule has 0 atom stereocenters. The van der Waals surface area contributed by atoms with Crippen LogP contribution in [-0.4, -0.2) is 60.8 Å². The Morgan fingerprint density at radius 1 is 0.900 bits per heavy atom. The van der Waals surface area contributed by atoms with Gasteiger partial charge in [-0.05, 0) is 0 Å². The first-order chi connectivity index (χ1) is 3.46. The quantitative estimate of drug-likeness (QED) is 0.421. The van der Waals surface area contributed by atoms with Crippen molar-refractivity contribution in [2.24, 2.45) is 0 Å². The van der Waals surface area contributed by atoms with E-state index in [-0.39, 0.29) is 63.6 Å². The van der Waals surface area contributed by atoms with E-state index in [9.17, 15) is 0 Å². The Kier molecular flexibility index (Phi) is 39.7. The first-order valence-corrected chi connectivity index (χ1v) is 4.52. The summed E-state index contributed by atoms with van der Waals surface area (Å²) in [6.07, 6.45) is 0. The summed E-state index contributed by atoms with van der Waals surface area (Å²) in [4.78, 5) is 0. The first kappa shape index (κ1) is 22.8. The molecule has 0 aliphatic heterocycles. The zero-order valence-corrected chi connectivity index (χ0v) is 11.2. The van der Waals surface area contributed by atoms with Gasteiger partial charge < -0.3 is 2.85 Å². The van der Waals surface area contributed by atoms with Gasteiger partial charge in [-0.25, -0.2) is 0 Å². The third kappa shape index (κ3) is 167. The summed E-state index contributed by atoms with van der Waals surface area (Å²) in [7, 11) is 0. The van der Waals surface area contributed by atoms with E-state index in [1.807, 2.05) is 0 Å². The predicted molar refractivity (Wildman–Crippen MR) is 16.5 cm³/mol. The van der Waals surface area contributed by atoms with E-state index < -0.39 is 30.8 Å². The Hall–Kier alpha value is 2.31. The van der Waals surface area contributed by atoms with Crippen LogP contribution in [0.1, 0.15) is 2.85 Å². The van der Waals surface area contributed by atoms with Crippen LogP contribution >= 0.6 is 0 Å². The topological polar surface area (TPSA) is 114 Å². The minimum absolute atomic E-state index is 0. The van der Waals surface area contributed by atoms with Crippen LogP contribution < -0.4 is 8.06 Å². The average Bonchev–Trinajstić information content (AvgIpc) is 1.25. The molecule has 0 amide bonds. The van der Waals surface area contributed by atoms with E-state index in [1.165, 1.54) is 0 Å².